The zero-order valence-electron chi connectivity index (χ0n) is 48.4. The van der Waals surface area contributed by atoms with Gasteiger partial charge in [-0.1, -0.05) is 77.9 Å². The Morgan fingerprint density at radius 2 is 0.671 bits per heavy atom. The van der Waals surface area contributed by atoms with Crippen molar-refractivity contribution < 1.29 is 47.7 Å². The van der Waals surface area contributed by atoms with Crippen molar-refractivity contribution in [1.29, 1.82) is 0 Å². The van der Waals surface area contributed by atoms with Crippen LogP contribution in [0.2, 0.25) is 0 Å². The summed E-state index contributed by atoms with van der Waals surface area (Å²) < 4.78 is 21.3. The molecule has 18 nitrogen and oxygen atoms in total. The third-order valence-electron chi connectivity index (χ3n) is 10.5. The molecular formula is C58H86N8O10. The van der Waals surface area contributed by atoms with E-state index in [4.69, 9.17) is 18.9 Å². The highest BCUT2D eigenvalue weighted by atomic mass is 16.6. The number of amides is 6. The second-order valence-corrected chi connectivity index (χ2v) is 24.6. The average molecular weight is 1060 g/mol. The summed E-state index contributed by atoms with van der Waals surface area (Å²) in [5.41, 5.74) is 3.47. The highest BCUT2D eigenvalue weighted by Crippen LogP contribution is 2.38. The average Bonchev–Trinajstić information content (AvgIpc) is 3.23. The lowest BCUT2D eigenvalue weighted by Gasteiger charge is -2.23. The number of guanidine groups is 2. The van der Waals surface area contributed by atoms with Gasteiger partial charge in [-0.25, -0.2) is 19.2 Å². The molecule has 418 valence electrons. The summed E-state index contributed by atoms with van der Waals surface area (Å²) in [5.74, 6) is -0.626. The van der Waals surface area contributed by atoms with E-state index in [1.54, 1.807) is 83.1 Å². The van der Waals surface area contributed by atoms with Crippen molar-refractivity contribution in [2.24, 2.45) is 9.98 Å². The van der Waals surface area contributed by atoms with Crippen molar-refractivity contribution in [2.75, 3.05) is 23.7 Å². The van der Waals surface area contributed by atoms with E-state index in [1.165, 1.54) is 0 Å². The second-order valence-electron chi connectivity index (χ2n) is 24.6. The summed E-state index contributed by atoms with van der Waals surface area (Å²) in [5, 5.41) is 16.1. The number of hydrogen-bond donors (Lipinski definition) is 6. The van der Waals surface area contributed by atoms with Crippen molar-refractivity contribution in [3.63, 3.8) is 0 Å². The van der Waals surface area contributed by atoms with E-state index >= 15 is 0 Å². The van der Waals surface area contributed by atoms with E-state index in [2.05, 4.69) is 95.6 Å². The molecule has 3 rings (SSSR count). The van der Waals surface area contributed by atoms with Crippen molar-refractivity contribution in [1.82, 2.24) is 21.3 Å². The normalized spacial score (nSPS) is 12.0. The highest BCUT2D eigenvalue weighted by molar-refractivity contribution is 6.02. The van der Waals surface area contributed by atoms with Gasteiger partial charge < -0.3 is 29.6 Å². The number of carbonyl (C=O) groups excluding carboxylic acids is 6. The molecule has 0 atom stereocenters. The molecule has 0 saturated heterocycles. The SMILES string of the molecule is CC(C)(C)OC(=O)NC(=NCCCCC(=O)Nc1ccc(C(C)(C)C)cc1-c1ccc(-c2cc(C(C)(C)C)ccc2NC(=O)CCCCN=C(NC(=O)OC(C)(C)C)NC(=O)OC(C)(C)C)cc1)NC(=O)OC(C)(C)C. The van der Waals surface area contributed by atoms with Gasteiger partial charge in [-0.05, 0) is 166 Å². The molecule has 0 bridgehead atoms. The van der Waals surface area contributed by atoms with Crippen LogP contribution in [0.5, 0.6) is 0 Å². The predicted molar refractivity (Wildman–Crippen MR) is 302 cm³/mol. The van der Waals surface area contributed by atoms with E-state index in [9.17, 15) is 28.8 Å². The zero-order chi connectivity index (χ0) is 57.5. The first-order valence-electron chi connectivity index (χ1n) is 25.9. The van der Waals surface area contributed by atoms with Gasteiger partial charge in [0.2, 0.25) is 23.7 Å². The lowest BCUT2D eigenvalue weighted by molar-refractivity contribution is -0.117. The minimum absolute atomic E-state index is 0.125. The molecule has 3 aromatic rings. The van der Waals surface area contributed by atoms with Crippen LogP contribution in [0.25, 0.3) is 22.3 Å². The Balaban J connectivity index is 1.79. The molecule has 0 aromatic heterocycles. The van der Waals surface area contributed by atoms with E-state index in [-0.39, 0.29) is 60.5 Å². The number of aliphatic imine (C=N–C) groups is 2. The van der Waals surface area contributed by atoms with Crippen molar-refractivity contribution in [3.05, 3.63) is 71.8 Å². The number of nitrogens with one attached hydrogen (secondary N) is 6. The van der Waals surface area contributed by atoms with E-state index in [1.807, 2.05) is 48.5 Å². The Morgan fingerprint density at radius 1 is 0.395 bits per heavy atom. The Bertz CT molecular complexity index is 2320. The van der Waals surface area contributed by atoms with Gasteiger partial charge in [-0.2, -0.15) is 0 Å². The molecule has 0 aliphatic heterocycles. The predicted octanol–water partition coefficient (Wildman–Crippen LogP) is 12.6. The van der Waals surface area contributed by atoms with Gasteiger partial charge in [0.15, 0.2) is 0 Å². The third kappa shape index (κ3) is 24.6. The largest absolute Gasteiger partial charge is 0.444 e. The van der Waals surface area contributed by atoms with Crippen LogP contribution in [0, 0.1) is 0 Å². The van der Waals surface area contributed by atoms with Crippen LogP contribution < -0.4 is 31.9 Å². The Morgan fingerprint density at radius 3 is 0.921 bits per heavy atom. The lowest BCUT2D eigenvalue weighted by Crippen LogP contribution is -2.47. The number of benzene rings is 3. The molecule has 76 heavy (non-hydrogen) atoms. The summed E-state index contributed by atoms with van der Waals surface area (Å²) in [4.78, 5) is 85.8. The molecule has 18 heteroatoms. The number of alkyl carbamates (subject to hydrolysis) is 4. The quantitative estimate of drug-likeness (QED) is 0.0386. The molecule has 0 aliphatic rings. The number of rotatable bonds is 14. The van der Waals surface area contributed by atoms with Gasteiger partial charge in [-0.15, -0.1) is 0 Å². The fraction of sp³-hybridized carbons (Fsp3) is 0.552. The standard InChI is InChI=1S/C58H86N8O10/c1-53(2,3)39-29-31-43(61-45(67)23-19-21-33-59-47(63-49(69)73-55(7,8)9)64-50(70)74-56(10,11)12)41(35-39)37-25-27-38(28-26-37)42-36-40(54(4,5)6)30-32-44(42)62-46(68)24-20-22-34-60-48(65-51(71)75-57(13,14)15)66-52(72)76-58(16,17)18/h25-32,35-36H,19-24,33-34H2,1-18H3,(H,61,67)(H,62,68)(H2,59,63,64,69,70)(H2,60,65,66,71,72). The monoisotopic (exact) mass is 1050 g/mol. The van der Waals surface area contributed by atoms with Crippen LogP contribution in [-0.2, 0) is 39.4 Å². The molecule has 0 spiro atoms. The number of nitrogens with zero attached hydrogens (tertiary/aromatic N) is 2. The van der Waals surface area contributed by atoms with Crippen LogP contribution in [0.1, 0.15) is 174 Å². The van der Waals surface area contributed by atoms with Crippen LogP contribution in [0.3, 0.4) is 0 Å². The smallest absolute Gasteiger partial charge is 0.414 e. The van der Waals surface area contributed by atoms with Crippen LogP contribution in [0.4, 0.5) is 30.6 Å². The van der Waals surface area contributed by atoms with Crippen molar-refractivity contribution >= 4 is 59.5 Å². The molecule has 0 saturated carbocycles. The van der Waals surface area contributed by atoms with Gasteiger partial charge in [0, 0.05) is 48.4 Å². The second kappa shape index (κ2) is 26.7. The zero-order valence-corrected chi connectivity index (χ0v) is 48.4. The Hall–Kier alpha value is -6.98. The first-order valence-corrected chi connectivity index (χ1v) is 25.9. The molecule has 0 unspecified atom stereocenters. The summed E-state index contributed by atoms with van der Waals surface area (Å²) in [7, 11) is 0. The molecular weight excluding hydrogens is 969 g/mol. The first-order chi connectivity index (χ1) is 34.9. The van der Waals surface area contributed by atoms with Crippen molar-refractivity contribution in [2.45, 2.75) is 196 Å². The first kappa shape index (κ1) is 63.3. The summed E-state index contributed by atoms with van der Waals surface area (Å²) >= 11 is 0. The van der Waals surface area contributed by atoms with Crippen LogP contribution in [0.15, 0.2) is 70.6 Å². The minimum atomic E-state index is -0.790. The van der Waals surface area contributed by atoms with Crippen molar-refractivity contribution in [3.8, 4) is 22.3 Å². The van der Waals surface area contributed by atoms with Gasteiger partial charge >= 0.3 is 24.4 Å². The fourth-order valence-corrected chi connectivity index (χ4v) is 6.97. The maximum absolute atomic E-state index is 13.5. The number of unbranched alkanes of at least 4 members (excludes halogenated alkanes) is 2. The van der Waals surface area contributed by atoms with Gasteiger partial charge in [0.25, 0.3) is 0 Å². The van der Waals surface area contributed by atoms with Gasteiger partial charge in [0.1, 0.15) is 22.4 Å². The maximum Gasteiger partial charge on any atom is 0.414 e. The summed E-state index contributed by atoms with van der Waals surface area (Å²) in [6.45, 7) is 33.8. The number of hydrogen-bond acceptors (Lipinski definition) is 12. The molecule has 6 N–H and O–H groups in total. The topological polar surface area (TPSA) is 236 Å². The minimum Gasteiger partial charge on any atom is -0.444 e. The Labute approximate surface area is 451 Å². The van der Waals surface area contributed by atoms with E-state index in [0.717, 1.165) is 33.4 Å². The molecule has 0 fully saturated rings. The maximum atomic E-state index is 13.5. The fourth-order valence-electron chi connectivity index (χ4n) is 6.97. The number of anilines is 2. The number of ether oxygens (including phenoxy) is 4. The van der Waals surface area contributed by atoms with Gasteiger partial charge in [0.05, 0.1) is 0 Å². The molecule has 0 radical (unpaired) electrons. The van der Waals surface area contributed by atoms with Gasteiger partial charge in [-0.3, -0.25) is 40.8 Å². The molecule has 0 aliphatic carbocycles. The van der Waals surface area contributed by atoms with Crippen LogP contribution in [-0.4, -0.2) is 83.6 Å². The van der Waals surface area contributed by atoms with E-state index < -0.39 is 46.8 Å². The highest BCUT2D eigenvalue weighted by Gasteiger charge is 2.25. The Kier molecular flexibility index (Phi) is 22.2. The van der Waals surface area contributed by atoms with E-state index in [0.29, 0.717) is 37.1 Å². The summed E-state index contributed by atoms with van der Waals surface area (Å²) in [6.07, 6.45) is -0.887. The molecule has 3 aromatic carbocycles. The third-order valence-corrected chi connectivity index (χ3v) is 10.5. The number of carbonyl (C=O) groups is 6. The molecule has 6 amide bonds. The van der Waals surface area contributed by atoms with Crippen LogP contribution >= 0.6 is 0 Å². The lowest BCUT2D eigenvalue weighted by atomic mass is 9.84. The summed E-state index contributed by atoms with van der Waals surface area (Å²) in [6, 6.07) is 20.1. The molecule has 0 heterocycles.